The first-order valence-electron chi connectivity index (χ1n) is 46.2. The Morgan fingerprint density at radius 2 is 0.438 bits per heavy atom. The lowest BCUT2D eigenvalue weighted by Crippen LogP contribution is -2.31. The molecule has 10 heteroatoms. The summed E-state index contributed by atoms with van der Waals surface area (Å²) in [5.74, 6) is 6.50. The molecule has 0 bridgehead atoms. The van der Waals surface area contributed by atoms with Crippen molar-refractivity contribution in [2.24, 2.45) is 35.2 Å². The molecule has 0 spiro atoms. The number of fused-ring (bicyclic) bond motifs is 23. The highest BCUT2D eigenvalue weighted by molar-refractivity contribution is 6.23. The summed E-state index contributed by atoms with van der Waals surface area (Å²) in [6, 6.07) is 83.5. The van der Waals surface area contributed by atoms with Gasteiger partial charge in [-0.1, -0.05) is 284 Å². The van der Waals surface area contributed by atoms with E-state index in [1.165, 1.54) is 181 Å². The van der Waals surface area contributed by atoms with Gasteiger partial charge in [0.25, 0.3) is 29.1 Å². The molecular formula is C111H153N10+5. The number of nitrogens with zero attached hydrogens (tertiary/aromatic N) is 10. The fraction of sp³-hybridized carbons (Fsp3) is 0.360. The van der Waals surface area contributed by atoms with Crippen molar-refractivity contribution in [3.63, 3.8) is 0 Å². The lowest BCUT2D eigenvalue weighted by atomic mass is 10.00. The Kier molecular flexibility index (Phi) is 40.5. The molecule has 0 aliphatic rings. The van der Waals surface area contributed by atoms with Gasteiger partial charge in [-0.15, -0.1) is 0 Å². The number of aromatic nitrogens is 10. The number of imidazole rings is 5. The van der Waals surface area contributed by atoms with Crippen molar-refractivity contribution in [1.82, 2.24) is 22.8 Å². The van der Waals surface area contributed by atoms with Gasteiger partial charge in [0.2, 0.25) is 0 Å². The second-order valence-electron chi connectivity index (χ2n) is 27.2. The van der Waals surface area contributed by atoms with Crippen LogP contribution in [0.15, 0.2) is 231 Å². The molecule has 0 radical (unpaired) electrons. The minimum Gasteiger partial charge on any atom is -0.230 e. The number of rotatable bonds is 5. The zero-order chi connectivity index (χ0) is 90.2. The van der Waals surface area contributed by atoms with Crippen LogP contribution in [0, 0.1) is 34.6 Å². The molecule has 19 aromatic rings. The van der Waals surface area contributed by atoms with Crippen LogP contribution in [0.1, 0.15) is 202 Å². The van der Waals surface area contributed by atoms with Crippen LogP contribution in [0.2, 0.25) is 0 Å². The standard InChI is InChI=1S/4C19H19N2.C15H17N2.10C2H6/c1-4-21-13(2)20(3)18-16-11-7-5-9-14(16)15-10-6-8-12-17(15)19(18)21;1-4-21-13(2)20(3)19-17-12-15-8-6-5-7-14(15)11-16(17)9-10-18(19)21;1-4-21-13(2)20(3)19-17(21)12-11-15-10-9-14-7-5-6-8-16(14)18(15)19;1-4-21-13(2)20(3)19-17-10-9-14-7-5-6-8-15(14)16(17)11-12-18(19)21;1-4-17-11(2)16(3)15-13-8-6-5-7-12(13)9-10-14(15)17;10*1-2/h4*5-12H,4H2,1-3H3;5-10H,4H2,1-3H3;10*1-2H3/q5*+1;;;;;;;;;;. The monoisotopic (exact) mass is 1630 g/mol. The van der Waals surface area contributed by atoms with E-state index >= 15 is 0 Å². The molecule has 642 valence electrons. The molecule has 0 saturated carbocycles. The van der Waals surface area contributed by atoms with Crippen LogP contribution in [-0.4, -0.2) is 22.8 Å². The van der Waals surface area contributed by atoms with E-state index in [4.69, 9.17) is 0 Å². The lowest BCUT2D eigenvalue weighted by molar-refractivity contribution is -0.651. The van der Waals surface area contributed by atoms with Gasteiger partial charge in [0, 0.05) is 66.9 Å². The summed E-state index contributed by atoms with van der Waals surface area (Å²) < 4.78 is 23.5. The molecular weight excluding hydrogens is 1470 g/mol. The highest BCUT2D eigenvalue weighted by Gasteiger charge is 2.27. The first-order chi connectivity index (χ1) is 59.1. The normalized spacial score (nSPS) is 10.3. The van der Waals surface area contributed by atoms with Crippen molar-refractivity contribution in [2.45, 2.75) is 240 Å². The predicted octanol–water partition coefficient (Wildman–Crippen LogP) is 29.6. The van der Waals surface area contributed by atoms with Crippen molar-refractivity contribution in [1.29, 1.82) is 0 Å². The number of aryl methyl sites for hydroxylation is 10. The van der Waals surface area contributed by atoms with Crippen molar-refractivity contribution in [3.05, 3.63) is 260 Å². The molecule has 0 unspecified atom stereocenters. The van der Waals surface area contributed by atoms with Crippen molar-refractivity contribution >= 4 is 152 Å². The maximum Gasteiger partial charge on any atom is 0.254 e. The van der Waals surface area contributed by atoms with Crippen LogP contribution < -0.4 is 22.8 Å². The fourth-order valence-corrected chi connectivity index (χ4v) is 16.9. The second-order valence-corrected chi connectivity index (χ2v) is 27.2. The first kappa shape index (κ1) is 100. The molecule has 0 aliphatic heterocycles. The molecule has 0 N–H and O–H groups in total. The molecule has 5 heterocycles. The molecule has 19 rings (SSSR count). The van der Waals surface area contributed by atoms with E-state index in [9.17, 15) is 0 Å². The maximum absolute atomic E-state index is 2.42. The van der Waals surface area contributed by atoms with Crippen LogP contribution >= 0.6 is 0 Å². The molecule has 0 saturated heterocycles. The largest absolute Gasteiger partial charge is 0.254 e. The zero-order valence-corrected chi connectivity index (χ0v) is 81.4. The molecule has 10 nitrogen and oxygen atoms in total. The third-order valence-electron chi connectivity index (χ3n) is 22.4. The summed E-state index contributed by atoms with van der Waals surface area (Å²) in [6.45, 7) is 67.0. The van der Waals surface area contributed by atoms with Crippen molar-refractivity contribution in [2.75, 3.05) is 0 Å². The highest BCUT2D eigenvalue weighted by atomic mass is 15.2. The van der Waals surface area contributed by atoms with Gasteiger partial charge >= 0.3 is 0 Å². The minimum atomic E-state index is 0.992. The van der Waals surface area contributed by atoms with Gasteiger partial charge in [-0.2, -0.15) is 0 Å². The summed E-state index contributed by atoms with van der Waals surface area (Å²) in [6.07, 6.45) is 0. The number of benzene rings is 14. The Hall–Kier alpha value is -11.2. The van der Waals surface area contributed by atoms with Gasteiger partial charge in [0.05, 0.1) is 68.0 Å². The van der Waals surface area contributed by atoms with E-state index < -0.39 is 0 Å². The first-order valence-corrected chi connectivity index (χ1v) is 46.2. The maximum atomic E-state index is 2.42. The smallest absolute Gasteiger partial charge is 0.230 e. The summed E-state index contributed by atoms with van der Waals surface area (Å²) in [5.41, 5.74) is 13.3. The van der Waals surface area contributed by atoms with Gasteiger partial charge < -0.3 is 0 Å². The Balaban J connectivity index is 0.000000256. The van der Waals surface area contributed by atoms with Crippen molar-refractivity contribution in [3.8, 4) is 0 Å². The Morgan fingerprint density at radius 1 is 0.190 bits per heavy atom. The van der Waals surface area contributed by atoms with Crippen LogP contribution in [0.3, 0.4) is 0 Å². The van der Waals surface area contributed by atoms with Gasteiger partial charge in [-0.3, -0.25) is 0 Å². The Bertz CT molecular complexity index is 6420. The topological polar surface area (TPSA) is 44.0 Å². The van der Waals surface area contributed by atoms with Crippen LogP contribution in [0.5, 0.6) is 0 Å². The average Bonchev–Trinajstić information content (AvgIpc) is 1.58. The summed E-state index contributed by atoms with van der Waals surface area (Å²) in [4.78, 5) is 0. The molecule has 121 heavy (non-hydrogen) atoms. The number of hydrogen-bond acceptors (Lipinski definition) is 0. The number of hydrogen-bond donors (Lipinski definition) is 0. The quantitative estimate of drug-likeness (QED) is 0.0937. The Morgan fingerprint density at radius 3 is 0.893 bits per heavy atom. The lowest BCUT2D eigenvalue weighted by Gasteiger charge is -2.05. The Labute approximate surface area is 728 Å². The molecule has 5 aromatic heterocycles. The predicted molar refractivity (Wildman–Crippen MR) is 539 cm³/mol. The van der Waals surface area contributed by atoms with E-state index in [2.05, 4.69) is 381 Å². The average molecular weight is 1630 g/mol. The van der Waals surface area contributed by atoms with E-state index in [0.29, 0.717) is 0 Å². The highest BCUT2D eigenvalue weighted by Crippen LogP contribution is 2.37. The van der Waals surface area contributed by atoms with Crippen LogP contribution in [0.4, 0.5) is 0 Å². The molecule has 0 atom stereocenters. The third kappa shape index (κ3) is 19.7. The van der Waals surface area contributed by atoms with Crippen LogP contribution in [0.25, 0.3) is 152 Å². The van der Waals surface area contributed by atoms with Gasteiger partial charge in [-0.25, -0.2) is 45.7 Å². The second kappa shape index (κ2) is 48.9. The van der Waals surface area contributed by atoms with E-state index in [1.807, 2.05) is 138 Å². The fourth-order valence-electron chi connectivity index (χ4n) is 16.9. The minimum absolute atomic E-state index is 0.992. The third-order valence-corrected chi connectivity index (χ3v) is 22.4. The van der Waals surface area contributed by atoms with Crippen LogP contribution in [-0.2, 0) is 68.0 Å². The van der Waals surface area contributed by atoms with E-state index in [0.717, 1.165) is 32.7 Å². The molecule has 0 amide bonds. The zero-order valence-electron chi connectivity index (χ0n) is 81.4. The molecule has 0 aliphatic carbocycles. The SMILES string of the molecule is CC.CC.CC.CC.CC.CC.CC.CC.CC.CC.CCn1c(C)[n+](C)c2c3c(ccc4ccccc43)ccc21.CCn1c(C)[n+](C)c2c3cc4ccccc4cc3ccc21.CCn1c(C)[n+](C)c2c3ccc4ccccc4c3ccc21.CCn1c(C)[n+](C)c2c3ccccc3c3ccccc3c21.CCn1c(C)[n+](C)c2c3ccccc3ccc21. The van der Waals surface area contributed by atoms with E-state index in [-0.39, 0.29) is 0 Å². The van der Waals surface area contributed by atoms with Gasteiger partial charge in [0.15, 0.2) is 55.2 Å². The molecule has 14 aromatic carbocycles. The van der Waals surface area contributed by atoms with Gasteiger partial charge in [0.1, 0.15) is 0 Å². The molecule has 0 fully saturated rings. The van der Waals surface area contributed by atoms with Gasteiger partial charge in [-0.05, 0) is 184 Å². The van der Waals surface area contributed by atoms with Crippen molar-refractivity contribution < 1.29 is 22.8 Å². The summed E-state index contributed by atoms with van der Waals surface area (Å²) in [7, 11) is 10.8. The summed E-state index contributed by atoms with van der Waals surface area (Å²) in [5, 5.41) is 23.9. The summed E-state index contributed by atoms with van der Waals surface area (Å²) >= 11 is 0. The van der Waals surface area contributed by atoms with E-state index in [1.54, 1.807) is 0 Å².